The Bertz CT molecular complexity index is 943. The summed E-state index contributed by atoms with van der Waals surface area (Å²) >= 11 is 1.68. The molecule has 3 aromatic rings. The van der Waals surface area contributed by atoms with Crippen molar-refractivity contribution in [3.8, 4) is 0 Å². The SMILES string of the molecule is Cc1ccc(CSc2nc3ccncc3n2CC(=O)N2CCCCCC2)cc1. The van der Waals surface area contributed by atoms with Crippen LogP contribution in [0.2, 0.25) is 0 Å². The molecule has 0 unspecified atom stereocenters. The Kier molecular flexibility index (Phi) is 5.95. The molecule has 0 atom stereocenters. The van der Waals surface area contributed by atoms with Crippen molar-refractivity contribution in [3.05, 3.63) is 53.9 Å². The number of hydrogen-bond donors (Lipinski definition) is 0. The van der Waals surface area contributed by atoms with Gasteiger partial charge in [-0.25, -0.2) is 4.98 Å². The number of aryl methyl sites for hydroxylation is 1. The Morgan fingerprint density at radius 2 is 1.82 bits per heavy atom. The Morgan fingerprint density at radius 1 is 1.07 bits per heavy atom. The van der Waals surface area contributed by atoms with E-state index in [0.29, 0.717) is 6.54 Å². The number of benzene rings is 1. The quantitative estimate of drug-likeness (QED) is 0.601. The summed E-state index contributed by atoms with van der Waals surface area (Å²) in [7, 11) is 0. The molecule has 28 heavy (non-hydrogen) atoms. The third kappa shape index (κ3) is 4.38. The van der Waals surface area contributed by atoms with Crippen LogP contribution in [-0.2, 0) is 17.1 Å². The van der Waals surface area contributed by atoms with Crippen LogP contribution >= 0.6 is 11.8 Å². The normalized spacial score (nSPS) is 15.0. The highest BCUT2D eigenvalue weighted by atomic mass is 32.2. The number of imidazole rings is 1. The first-order valence-corrected chi connectivity index (χ1v) is 11.0. The number of hydrogen-bond acceptors (Lipinski definition) is 4. The maximum atomic E-state index is 13.0. The molecule has 0 N–H and O–H groups in total. The summed E-state index contributed by atoms with van der Waals surface area (Å²) in [6.07, 6.45) is 8.22. The average molecular weight is 395 g/mol. The summed E-state index contributed by atoms with van der Waals surface area (Å²) in [6, 6.07) is 10.5. The van der Waals surface area contributed by atoms with Gasteiger partial charge in [0.05, 0.1) is 17.2 Å². The molecular weight excluding hydrogens is 368 g/mol. The van der Waals surface area contributed by atoms with E-state index in [9.17, 15) is 4.79 Å². The van der Waals surface area contributed by atoms with Crippen molar-refractivity contribution >= 4 is 28.7 Å². The Morgan fingerprint density at radius 3 is 2.57 bits per heavy atom. The van der Waals surface area contributed by atoms with Crippen LogP contribution in [-0.4, -0.2) is 38.4 Å². The Balaban J connectivity index is 1.56. The summed E-state index contributed by atoms with van der Waals surface area (Å²) < 4.78 is 2.04. The fraction of sp³-hybridized carbons (Fsp3) is 0.409. The van der Waals surface area contributed by atoms with Crippen LogP contribution in [0.15, 0.2) is 47.9 Å². The second-order valence-electron chi connectivity index (χ2n) is 7.41. The first-order valence-electron chi connectivity index (χ1n) is 9.97. The van der Waals surface area contributed by atoms with Gasteiger partial charge in [0.15, 0.2) is 5.16 Å². The lowest BCUT2D eigenvalue weighted by atomic mass is 10.2. The molecule has 1 fully saturated rings. The van der Waals surface area contributed by atoms with Crippen LogP contribution in [0.3, 0.4) is 0 Å². The lowest BCUT2D eigenvalue weighted by Crippen LogP contribution is -2.34. The molecule has 0 bridgehead atoms. The number of aromatic nitrogens is 3. The highest BCUT2D eigenvalue weighted by Gasteiger charge is 2.19. The predicted octanol–water partition coefficient (Wildman–Crippen LogP) is 4.43. The van der Waals surface area contributed by atoms with Gasteiger partial charge in [0.2, 0.25) is 5.91 Å². The Labute approximate surface area is 170 Å². The highest BCUT2D eigenvalue weighted by molar-refractivity contribution is 7.98. The van der Waals surface area contributed by atoms with E-state index >= 15 is 0 Å². The zero-order valence-electron chi connectivity index (χ0n) is 16.3. The van der Waals surface area contributed by atoms with Crippen LogP contribution in [0.4, 0.5) is 0 Å². The van der Waals surface area contributed by atoms with Gasteiger partial charge in [-0.15, -0.1) is 0 Å². The van der Waals surface area contributed by atoms with Crippen molar-refractivity contribution in [2.24, 2.45) is 0 Å². The zero-order valence-corrected chi connectivity index (χ0v) is 17.1. The van der Waals surface area contributed by atoms with Crippen LogP contribution in [0, 0.1) is 6.92 Å². The topological polar surface area (TPSA) is 51.0 Å². The van der Waals surface area contributed by atoms with Crippen LogP contribution in [0.25, 0.3) is 11.0 Å². The molecule has 4 rings (SSSR count). The van der Waals surface area contributed by atoms with Gasteiger partial charge in [-0.3, -0.25) is 9.78 Å². The lowest BCUT2D eigenvalue weighted by Gasteiger charge is -2.21. The molecule has 3 heterocycles. The molecule has 0 aliphatic carbocycles. The molecule has 1 aliphatic rings. The van der Waals surface area contributed by atoms with E-state index in [1.54, 1.807) is 18.0 Å². The smallest absolute Gasteiger partial charge is 0.242 e. The van der Waals surface area contributed by atoms with E-state index in [0.717, 1.165) is 47.9 Å². The van der Waals surface area contributed by atoms with Gasteiger partial charge in [0.25, 0.3) is 0 Å². The van der Waals surface area contributed by atoms with Crippen molar-refractivity contribution in [1.29, 1.82) is 0 Å². The molecule has 1 aromatic carbocycles. The standard InChI is InChI=1S/C22H26N4OS/c1-17-6-8-18(9-7-17)16-28-22-24-19-10-11-23-14-20(19)26(22)15-21(27)25-12-4-2-3-5-13-25/h6-11,14H,2-5,12-13,15-16H2,1H3. The van der Waals surface area contributed by atoms with Gasteiger partial charge in [0, 0.05) is 25.0 Å². The second kappa shape index (κ2) is 8.78. The van der Waals surface area contributed by atoms with Crippen molar-refractivity contribution < 1.29 is 4.79 Å². The molecule has 146 valence electrons. The van der Waals surface area contributed by atoms with Crippen LogP contribution in [0.1, 0.15) is 36.8 Å². The van der Waals surface area contributed by atoms with Gasteiger partial charge in [0.1, 0.15) is 6.54 Å². The number of fused-ring (bicyclic) bond motifs is 1. The fourth-order valence-electron chi connectivity index (χ4n) is 3.60. The maximum absolute atomic E-state index is 13.0. The lowest BCUT2D eigenvalue weighted by molar-refractivity contribution is -0.131. The first-order chi connectivity index (χ1) is 13.7. The molecule has 0 spiro atoms. The Hall–Kier alpha value is -2.34. The van der Waals surface area contributed by atoms with E-state index in [1.165, 1.54) is 24.0 Å². The number of amides is 1. The summed E-state index contributed by atoms with van der Waals surface area (Å²) in [6.45, 7) is 4.17. The first kappa shape index (κ1) is 19.0. The minimum absolute atomic E-state index is 0.183. The van der Waals surface area contributed by atoms with Crippen LogP contribution in [0.5, 0.6) is 0 Å². The molecule has 0 radical (unpaired) electrons. The third-order valence-electron chi connectivity index (χ3n) is 5.26. The van der Waals surface area contributed by atoms with Crippen molar-refractivity contribution in [1.82, 2.24) is 19.4 Å². The molecule has 1 amide bonds. The van der Waals surface area contributed by atoms with E-state index in [-0.39, 0.29) is 5.91 Å². The number of rotatable bonds is 5. The van der Waals surface area contributed by atoms with Gasteiger partial charge < -0.3 is 9.47 Å². The van der Waals surface area contributed by atoms with E-state index in [1.807, 2.05) is 21.7 Å². The van der Waals surface area contributed by atoms with Gasteiger partial charge in [-0.1, -0.05) is 54.4 Å². The van der Waals surface area contributed by atoms with E-state index in [2.05, 4.69) is 36.2 Å². The molecular formula is C22H26N4OS. The molecule has 1 saturated heterocycles. The second-order valence-corrected chi connectivity index (χ2v) is 8.36. The maximum Gasteiger partial charge on any atom is 0.242 e. The van der Waals surface area contributed by atoms with E-state index < -0.39 is 0 Å². The minimum atomic E-state index is 0.183. The van der Waals surface area contributed by atoms with Crippen molar-refractivity contribution in [2.75, 3.05) is 13.1 Å². The van der Waals surface area contributed by atoms with Crippen molar-refractivity contribution in [3.63, 3.8) is 0 Å². The zero-order chi connectivity index (χ0) is 19.3. The number of carbonyl (C=O) groups excluding carboxylic acids is 1. The van der Waals surface area contributed by atoms with Crippen LogP contribution < -0.4 is 0 Å². The number of carbonyl (C=O) groups is 1. The number of nitrogens with zero attached hydrogens (tertiary/aromatic N) is 4. The summed E-state index contributed by atoms with van der Waals surface area (Å²) in [4.78, 5) is 24.0. The molecule has 0 saturated carbocycles. The molecule has 2 aromatic heterocycles. The number of pyridine rings is 1. The van der Waals surface area contributed by atoms with Gasteiger partial charge in [-0.05, 0) is 31.4 Å². The summed E-state index contributed by atoms with van der Waals surface area (Å²) in [5.74, 6) is 1.01. The molecule has 1 aliphatic heterocycles. The van der Waals surface area contributed by atoms with Gasteiger partial charge >= 0.3 is 0 Å². The average Bonchev–Trinajstić information content (AvgIpc) is 2.88. The minimum Gasteiger partial charge on any atom is -0.341 e. The monoisotopic (exact) mass is 394 g/mol. The highest BCUT2D eigenvalue weighted by Crippen LogP contribution is 2.27. The fourth-order valence-corrected chi connectivity index (χ4v) is 4.57. The van der Waals surface area contributed by atoms with Crippen molar-refractivity contribution in [2.45, 2.75) is 50.1 Å². The molecule has 6 heteroatoms. The largest absolute Gasteiger partial charge is 0.341 e. The summed E-state index contributed by atoms with van der Waals surface area (Å²) in [5.41, 5.74) is 4.34. The number of likely N-dealkylation sites (tertiary alicyclic amines) is 1. The van der Waals surface area contributed by atoms with E-state index in [4.69, 9.17) is 4.98 Å². The third-order valence-corrected chi connectivity index (χ3v) is 6.30. The van der Waals surface area contributed by atoms with Gasteiger partial charge in [-0.2, -0.15) is 0 Å². The molecule has 5 nitrogen and oxygen atoms in total. The summed E-state index contributed by atoms with van der Waals surface area (Å²) in [5, 5.41) is 0.881. The number of thioether (sulfide) groups is 1. The predicted molar refractivity (Wildman–Crippen MR) is 113 cm³/mol.